The normalized spacial score (nSPS) is 29.8. The average Bonchev–Trinajstić information content (AvgIpc) is 2.91. The minimum Gasteiger partial charge on any atom is -0.343 e. The Morgan fingerprint density at radius 3 is 2.57 bits per heavy atom. The highest BCUT2D eigenvalue weighted by molar-refractivity contribution is 6.30. The molecule has 3 rings (SSSR count). The Morgan fingerprint density at radius 2 is 1.91 bits per heavy atom. The van der Waals surface area contributed by atoms with Gasteiger partial charge in [-0.25, -0.2) is 0 Å². The first-order valence-electron chi connectivity index (χ1n) is 8.77. The molecule has 2 atom stereocenters. The summed E-state index contributed by atoms with van der Waals surface area (Å²) in [7, 11) is 6.59. The van der Waals surface area contributed by atoms with Crippen LogP contribution in [0, 0.1) is 5.92 Å². The summed E-state index contributed by atoms with van der Waals surface area (Å²) in [5.41, 5.74) is 1.08. The molecule has 23 heavy (non-hydrogen) atoms. The van der Waals surface area contributed by atoms with Crippen molar-refractivity contribution in [1.29, 1.82) is 0 Å². The Balaban J connectivity index is 1.89. The van der Waals surface area contributed by atoms with Gasteiger partial charge in [0.25, 0.3) is 0 Å². The van der Waals surface area contributed by atoms with Gasteiger partial charge in [0.05, 0.1) is 27.7 Å². The summed E-state index contributed by atoms with van der Waals surface area (Å²) in [6.07, 6.45) is 6.33. The van der Waals surface area contributed by atoms with Crippen LogP contribution >= 0.6 is 11.6 Å². The summed E-state index contributed by atoms with van der Waals surface area (Å²) in [6.45, 7) is 1.62. The molecule has 1 aromatic rings. The largest absolute Gasteiger partial charge is 0.343 e. The molecule has 2 unspecified atom stereocenters. The van der Waals surface area contributed by atoms with Gasteiger partial charge < -0.3 is 14.0 Å². The lowest BCUT2D eigenvalue weighted by Gasteiger charge is -2.39. The molecule has 0 N–H and O–H groups in total. The number of likely N-dealkylation sites (N-methyl/N-ethyl adjacent to an activating group) is 1. The summed E-state index contributed by atoms with van der Waals surface area (Å²) in [4.78, 5) is 0. The van der Waals surface area contributed by atoms with E-state index in [4.69, 9.17) is 21.1 Å². The standard InChI is InChI=1S/C19H29ClNO2/c1-21(2,3)13-18-14-22-19(23-18,15-8-5-4-6-9-15)16-10-7-11-17(20)12-16/h7,10-12,15,18H,4-6,8-9,13-14H2,1-3H3/q+1. The Morgan fingerprint density at radius 1 is 1.17 bits per heavy atom. The van der Waals surface area contributed by atoms with Crippen molar-refractivity contribution in [2.24, 2.45) is 5.92 Å². The number of nitrogens with zero attached hydrogens (tertiary/aromatic N) is 1. The SMILES string of the molecule is C[N+](C)(C)CC1COC(c2cccc(Cl)c2)(C2CCCCC2)O1. The molecular formula is C19H29ClNO2+. The van der Waals surface area contributed by atoms with E-state index in [-0.39, 0.29) is 6.10 Å². The van der Waals surface area contributed by atoms with Crippen LogP contribution in [0.5, 0.6) is 0 Å². The first kappa shape index (κ1) is 17.2. The third-order valence-corrected chi connectivity index (χ3v) is 5.18. The van der Waals surface area contributed by atoms with Gasteiger partial charge in [-0.2, -0.15) is 0 Å². The van der Waals surface area contributed by atoms with Crippen LogP contribution in [0.2, 0.25) is 5.02 Å². The number of rotatable bonds is 4. The van der Waals surface area contributed by atoms with Crippen LogP contribution in [-0.4, -0.2) is 44.9 Å². The van der Waals surface area contributed by atoms with Crippen LogP contribution in [0.25, 0.3) is 0 Å². The van der Waals surface area contributed by atoms with Crippen molar-refractivity contribution in [3.05, 3.63) is 34.9 Å². The average molecular weight is 339 g/mol. The van der Waals surface area contributed by atoms with Crippen molar-refractivity contribution in [2.45, 2.75) is 44.0 Å². The maximum absolute atomic E-state index is 6.61. The lowest BCUT2D eigenvalue weighted by Crippen LogP contribution is -2.44. The molecule has 1 heterocycles. The molecule has 1 aliphatic carbocycles. The zero-order valence-corrected chi connectivity index (χ0v) is 15.3. The zero-order valence-electron chi connectivity index (χ0n) is 14.6. The van der Waals surface area contributed by atoms with Crippen LogP contribution in [0.3, 0.4) is 0 Å². The second kappa shape index (κ2) is 6.72. The quantitative estimate of drug-likeness (QED) is 0.766. The third-order valence-electron chi connectivity index (χ3n) is 4.95. The molecule has 0 amide bonds. The molecule has 0 bridgehead atoms. The van der Waals surface area contributed by atoms with E-state index in [1.54, 1.807) is 0 Å². The van der Waals surface area contributed by atoms with Gasteiger partial charge >= 0.3 is 0 Å². The Kier molecular flexibility index (Phi) is 5.03. The van der Waals surface area contributed by atoms with E-state index in [9.17, 15) is 0 Å². The number of halogens is 1. The van der Waals surface area contributed by atoms with Gasteiger partial charge in [0.15, 0.2) is 5.79 Å². The van der Waals surface area contributed by atoms with E-state index in [1.807, 2.05) is 18.2 Å². The van der Waals surface area contributed by atoms with Crippen molar-refractivity contribution in [1.82, 2.24) is 0 Å². The van der Waals surface area contributed by atoms with Crippen LogP contribution in [0.15, 0.2) is 24.3 Å². The molecule has 4 heteroatoms. The highest BCUT2D eigenvalue weighted by Gasteiger charge is 2.50. The van der Waals surface area contributed by atoms with E-state index in [2.05, 4.69) is 27.2 Å². The third kappa shape index (κ3) is 3.90. The predicted molar refractivity (Wildman–Crippen MR) is 93.4 cm³/mol. The molecular weight excluding hydrogens is 310 g/mol. The van der Waals surface area contributed by atoms with Gasteiger partial charge in [-0.15, -0.1) is 0 Å². The van der Waals surface area contributed by atoms with Crippen molar-refractivity contribution >= 4 is 11.6 Å². The van der Waals surface area contributed by atoms with Gasteiger partial charge in [-0.05, 0) is 25.0 Å². The van der Waals surface area contributed by atoms with Crippen LogP contribution in [-0.2, 0) is 15.3 Å². The maximum Gasteiger partial charge on any atom is 0.198 e. The second-order valence-corrected chi connectivity index (χ2v) is 8.47. The van der Waals surface area contributed by atoms with Gasteiger partial charge in [0.2, 0.25) is 0 Å². The van der Waals surface area contributed by atoms with Gasteiger partial charge in [0.1, 0.15) is 12.6 Å². The van der Waals surface area contributed by atoms with Crippen LogP contribution < -0.4 is 0 Å². The summed E-state index contributed by atoms with van der Waals surface area (Å²) in [5.74, 6) is -0.183. The maximum atomic E-state index is 6.61. The molecule has 1 saturated carbocycles. The zero-order chi connectivity index (χ0) is 16.5. The number of hydrogen-bond donors (Lipinski definition) is 0. The van der Waals surface area contributed by atoms with Crippen molar-refractivity contribution in [2.75, 3.05) is 34.3 Å². The minimum absolute atomic E-state index is 0.135. The van der Waals surface area contributed by atoms with Crippen LogP contribution in [0.1, 0.15) is 37.7 Å². The predicted octanol–water partition coefficient (Wildman–Crippen LogP) is 4.19. The van der Waals surface area contributed by atoms with E-state index >= 15 is 0 Å². The molecule has 0 aromatic heterocycles. The number of benzene rings is 1. The molecule has 2 aliphatic rings. The molecule has 1 aromatic carbocycles. The molecule has 0 spiro atoms. The lowest BCUT2D eigenvalue weighted by molar-refractivity contribution is -0.873. The summed E-state index contributed by atoms with van der Waals surface area (Å²) >= 11 is 6.25. The van der Waals surface area contributed by atoms with Crippen molar-refractivity contribution in [3.8, 4) is 0 Å². The van der Waals surface area contributed by atoms with Gasteiger partial charge in [0, 0.05) is 16.5 Å². The van der Waals surface area contributed by atoms with Crippen molar-refractivity contribution in [3.63, 3.8) is 0 Å². The highest BCUT2D eigenvalue weighted by Crippen LogP contribution is 2.47. The fraction of sp³-hybridized carbons (Fsp3) is 0.684. The first-order valence-corrected chi connectivity index (χ1v) is 9.15. The van der Waals surface area contributed by atoms with E-state index in [1.165, 1.54) is 32.1 Å². The molecule has 3 nitrogen and oxygen atoms in total. The monoisotopic (exact) mass is 338 g/mol. The summed E-state index contributed by atoms with van der Waals surface area (Å²) in [5, 5.41) is 0.750. The second-order valence-electron chi connectivity index (χ2n) is 8.04. The lowest BCUT2D eigenvalue weighted by atomic mass is 9.80. The fourth-order valence-electron chi connectivity index (χ4n) is 4.02. The molecule has 2 fully saturated rings. The molecule has 1 aliphatic heterocycles. The fourth-order valence-corrected chi connectivity index (χ4v) is 4.21. The Bertz CT molecular complexity index is 536. The molecule has 0 radical (unpaired) electrons. The van der Waals surface area contributed by atoms with Gasteiger partial charge in [-0.3, -0.25) is 0 Å². The number of hydrogen-bond acceptors (Lipinski definition) is 2. The van der Waals surface area contributed by atoms with Gasteiger partial charge in [-0.1, -0.05) is 43.0 Å². The Hall–Kier alpha value is -0.610. The van der Waals surface area contributed by atoms with E-state index in [0.29, 0.717) is 12.5 Å². The van der Waals surface area contributed by atoms with Crippen molar-refractivity contribution < 1.29 is 14.0 Å². The topological polar surface area (TPSA) is 18.5 Å². The first-order chi connectivity index (χ1) is 10.9. The number of quaternary nitrogens is 1. The van der Waals surface area contributed by atoms with E-state index < -0.39 is 5.79 Å². The molecule has 1 saturated heterocycles. The summed E-state index contributed by atoms with van der Waals surface area (Å²) < 4.78 is 13.9. The Labute approximate surface area is 145 Å². The molecule has 128 valence electrons. The number of ether oxygens (including phenoxy) is 2. The van der Waals surface area contributed by atoms with Crippen LogP contribution in [0.4, 0.5) is 0 Å². The minimum atomic E-state index is -0.606. The smallest absolute Gasteiger partial charge is 0.198 e. The summed E-state index contributed by atoms with van der Waals surface area (Å²) in [6, 6.07) is 8.04. The highest BCUT2D eigenvalue weighted by atomic mass is 35.5. The van der Waals surface area contributed by atoms with E-state index in [0.717, 1.165) is 21.6 Å².